The van der Waals surface area contributed by atoms with Crippen molar-refractivity contribution in [2.24, 2.45) is 0 Å². The first-order valence-electron chi connectivity index (χ1n) is 39.0. The van der Waals surface area contributed by atoms with Crippen LogP contribution in [-0.2, 0) is 0 Å². The fourth-order valence-corrected chi connectivity index (χ4v) is 26.2. The number of benzene rings is 17. The molecule has 0 amide bonds. The van der Waals surface area contributed by atoms with Crippen LogP contribution < -0.4 is 20.7 Å². The van der Waals surface area contributed by atoms with Gasteiger partial charge in [0.15, 0.2) is 8.07 Å². The zero-order chi connectivity index (χ0) is 72.6. The van der Waals surface area contributed by atoms with Crippen molar-refractivity contribution < 1.29 is 0 Å². The van der Waals surface area contributed by atoms with Gasteiger partial charge in [-0.15, -0.1) is 0 Å². The monoisotopic (exact) mass is 1430 g/mol. The second-order valence-electron chi connectivity index (χ2n) is 30.7. The Balaban J connectivity index is 0.000000137. The summed E-state index contributed by atoms with van der Waals surface area (Å²) in [5.74, 6) is 0.865. The van der Waals surface area contributed by atoms with E-state index in [1.807, 2.05) is 0 Å². The van der Waals surface area contributed by atoms with Gasteiger partial charge in [-0.3, -0.25) is 0 Å². The largest absolute Gasteiger partial charge is 0.309 e. The third-order valence-corrected chi connectivity index (χ3v) is 30.3. The fraction of sp³-hybridized carbons (Fsp3) is 0.0377. The minimum absolute atomic E-state index is 0.175. The van der Waals surface area contributed by atoms with Gasteiger partial charge in [0.05, 0.1) is 55.5 Å². The summed E-state index contributed by atoms with van der Waals surface area (Å²) < 4.78 is 10.0. The first-order chi connectivity index (χ1) is 55.2. The van der Waals surface area contributed by atoms with Crippen LogP contribution in [0, 0.1) is 0 Å². The summed E-state index contributed by atoms with van der Waals surface area (Å²) in [4.78, 5) is 0. The number of rotatable bonds is 8. The van der Waals surface area contributed by atoms with Crippen LogP contribution in [0.3, 0.4) is 0 Å². The molecular formula is C106H70N4Si. The maximum atomic E-state index is 2.57. The van der Waals surface area contributed by atoms with Crippen LogP contribution in [0.25, 0.3) is 110 Å². The van der Waals surface area contributed by atoms with Gasteiger partial charge in [-0.2, -0.15) is 0 Å². The summed E-state index contributed by atoms with van der Waals surface area (Å²) in [6.45, 7) is 0. The third-order valence-electron chi connectivity index (χ3n) is 25.5. The minimum Gasteiger partial charge on any atom is -0.309 e. The van der Waals surface area contributed by atoms with Crippen molar-refractivity contribution in [1.29, 1.82) is 0 Å². The summed E-state index contributed by atoms with van der Waals surface area (Å²) in [6, 6.07) is 150. The Hall–Kier alpha value is -13.8. The van der Waals surface area contributed by atoms with Gasteiger partial charge in [0, 0.05) is 78.1 Å². The van der Waals surface area contributed by atoms with Crippen molar-refractivity contribution in [1.82, 2.24) is 18.3 Å². The summed E-state index contributed by atoms with van der Waals surface area (Å²) in [5, 5.41) is 15.9. The van der Waals surface area contributed by atoms with E-state index in [2.05, 4.69) is 419 Å². The number of fused-ring (bicyclic) bond motifs is 12. The highest BCUT2D eigenvalue weighted by Gasteiger charge is 2.46. The van der Waals surface area contributed by atoms with Crippen molar-refractivity contribution in [2.75, 3.05) is 0 Å². The Bertz CT molecular complexity index is 7230. The van der Waals surface area contributed by atoms with E-state index in [1.54, 1.807) is 0 Å². The molecule has 21 aromatic rings. The normalized spacial score (nSPS) is 15.6. The van der Waals surface area contributed by atoms with Crippen molar-refractivity contribution in [3.05, 3.63) is 467 Å². The first kappa shape index (κ1) is 62.2. The average molecular weight is 1430 g/mol. The van der Waals surface area contributed by atoms with Crippen LogP contribution in [0.1, 0.15) is 90.4 Å². The average Bonchev–Trinajstić information content (AvgIpc) is 1.64. The Kier molecular flexibility index (Phi) is 13.5. The maximum Gasteiger partial charge on any atom is 0.179 e. The van der Waals surface area contributed by atoms with Crippen molar-refractivity contribution in [2.45, 2.75) is 23.7 Å². The Morgan fingerprint density at radius 2 is 0.441 bits per heavy atom. The van der Waals surface area contributed by atoms with Crippen LogP contribution in [-0.4, -0.2) is 26.3 Å². The van der Waals surface area contributed by atoms with Crippen LogP contribution in [0.4, 0.5) is 0 Å². The quantitative estimate of drug-likeness (QED) is 0.107. The van der Waals surface area contributed by atoms with E-state index < -0.39 is 8.07 Å². The number of nitrogens with zero attached hydrogens (tertiary/aromatic N) is 4. The lowest BCUT2D eigenvalue weighted by atomic mass is 9.60. The molecule has 518 valence electrons. The molecule has 4 nitrogen and oxygen atoms in total. The van der Waals surface area contributed by atoms with Gasteiger partial charge >= 0.3 is 0 Å². The van der Waals surface area contributed by atoms with E-state index in [-0.39, 0.29) is 23.7 Å². The Morgan fingerprint density at radius 1 is 0.171 bits per heavy atom. The molecule has 0 N–H and O–H groups in total. The van der Waals surface area contributed by atoms with Crippen molar-refractivity contribution >= 4 is 116 Å². The summed E-state index contributed by atoms with van der Waals surface area (Å²) in [6.07, 6.45) is 0. The Morgan fingerprint density at radius 3 is 0.829 bits per heavy atom. The predicted molar refractivity (Wildman–Crippen MR) is 463 cm³/mol. The van der Waals surface area contributed by atoms with Crippen molar-refractivity contribution in [3.8, 4) is 22.7 Å². The van der Waals surface area contributed by atoms with Gasteiger partial charge in [0.1, 0.15) is 0 Å². The van der Waals surface area contributed by atoms with Crippen LogP contribution in [0.2, 0.25) is 0 Å². The van der Waals surface area contributed by atoms with Gasteiger partial charge in [0.25, 0.3) is 0 Å². The molecule has 17 aromatic carbocycles. The van der Waals surface area contributed by atoms with Crippen LogP contribution >= 0.6 is 0 Å². The molecular weight excluding hydrogens is 1360 g/mol. The molecule has 0 aliphatic heterocycles. The zero-order valence-corrected chi connectivity index (χ0v) is 61.7. The smallest absolute Gasteiger partial charge is 0.179 e. The molecule has 6 aliphatic rings. The van der Waals surface area contributed by atoms with Gasteiger partial charge in [-0.1, -0.05) is 315 Å². The van der Waals surface area contributed by atoms with E-state index in [1.165, 1.54) is 192 Å². The molecule has 111 heavy (non-hydrogen) atoms. The molecule has 27 rings (SSSR count). The second kappa shape index (κ2) is 24.1. The van der Waals surface area contributed by atoms with Gasteiger partial charge in [-0.05, 0) is 172 Å². The van der Waals surface area contributed by atoms with Gasteiger partial charge in [0.2, 0.25) is 0 Å². The summed E-state index contributed by atoms with van der Waals surface area (Å²) in [7, 11) is -2.77. The number of aromatic nitrogens is 4. The molecule has 0 unspecified atom stereocenters. The van der Waals surface area contributed by atoms with E-state index in [4.69, 9.17) is 0 Å². The van der Waals surface area contributed by atoms with E-state index in [9.17, 15) is 0 Å². The fourth-order valence-electron chi connectivity index (χ4n) is 21.4. The number of para-hydroxylation sites is 5. The molecule has 5 heteroatoms. The topological polar surface area (TPSA) is 19.7 Å². The molecule has 4 bridgehead atoms. The standard InChI is InChI=1S/C62H42N2Si.C44H28N2/c1-4-21-42(22-5-1)65(43-23-6-2-7-24-43,44-25-8-3-9-26-44)45-27-18-20-41(40-45)63-53-34-16-14-32-50(53)60-55(63)36-19-37-56(60)64-54-35-17-15-33-51(54)61-57(64)39-38-52-58-46-28-10-12-30-48(46)59(62(52)61)49-31-13-11-29-47(49)58;1-2-13-27(14-3-1)45-35-21-10-8-19-32(35)42-37(45)23-12-24-38(42)46-36-22-11-9-20-33(36)43-39(46)26-25-34-40-28-15-4-6-17-30(28)41(44(34)43)31-18-7-5-16-29(31)40/h1-40,58-59H;1-26,40-41H. The molecule has 4 heterocycles. The van der Waals surface area contributed by atoms with Crippen LogP contribution in [0.15, 0.2) is 400 Å². The zero-order valence-electron chi connectivity index (χ0n) is 60.7. The number of hydrogen-bond acceptors (Lipinski definition) is 0. The molecule has 4 aromatic heterocycles. The van der Waals surface area contributed by atoms with Gasteiger partial charge in [-0.25, -0.2) is 0 Å². The van der Waals surface area contributed by atoms with E-state index in [0.717, 1.165) is 5.69 Å². The minimum atomic E-state index is -2.77. The molecule has 0 fully saturated rings. The summed E-state index contributed by atoms with van der Waals surface area (Å²) >= 11 is 0. The van der Waals surface area contributed by atoms with Gasteiger partial charge < -0.3 is 18.3 Å². The third kappa shape index (κ3) is 8.64. The SMILES string of the molecule is c1ccc(-n2c3ccccc3c3c(-n4c5ccccc5c5c6c(ccc54)C4c5ccccc5C6c5ccccc54)cccc32)cc1.c1ccc([Si](c2ccccc2)(c2ccccc2)c2cccc(-n3c4ccccc4c4c(-n5c6ccccc6c6c7c(ccc65)C5c6ccccc6C7c6ccccc65)cccc43)c2)cc1. The van der Waals surface area contributed by atoms with E-state index >= 15 is 0 Å². The van der Waals surface area contributed by atoms with E-state index in [0.29, 0.717) is 0 Å². The lowest BCUT2D eigenvalue weighted by molar-refractivity contribution is 0.761. The molecule has 0 spiro atoms. The highest BCUT2D eigenvalue weighted by molar-refractivity contribution is 7.20. The predicted octanol–water partition coefficient (Wildman–Crippen LogP) is 23.1. The van der Waals surface area contributed by atoms with Crippen LogP contribution in [0.5, 0.6) is 0 Å². The molecule has 0 saturated carbocycles. The van der Waals surface area contributed by atoms with Crippen molar-refractivity contribution in [3.63, 3.8) is 0 Å². The molecule has 0 radical (unpaired) electrons. The maximum absolute atomic E-state index is 2.77. The molecule has 6 aliphatic carbocycles. The highest BCUT2D eigenvalue weighted by atomic mass is 28.3. The lowest BCUT2D eigenvalue weighted by Gasteiger charge is -2.42. The number of hydrogen-bond donors (Lipinski definition) is 0. The Labute approximate surface area is 643 Å². The highest BCUT2D eigenvalue weighted by Crippen LogP contribution is 2.61. The molecule has 0 atom stereocenters. The first-order valence-corrected chi connectivity index (χ1v) is 41.0. The lowest BCUT2D eigenvalue weighted by Crippen LogP contribution is -2.74. The molecule has 0 saturated heterocycles. The summed E-state index contributed by atoms with van der Waals surface area (Å²) in [5.41, 5.74) is 32.0. The second-order valence-corrected chi connectivity index (χ2v) is 34.5.